The van der Waals surface area contributed by atoms with Crippen LogP contribution in [0, 0.1) is 0 Å². The van der Waals surface area contributed by atoms with Crippen LogP contribution >= 0.6 is 0 Å². The molecule has 0 fully saturated rings. The summed E-state index contributed by atoms with van der Waals surface area (Å²) in [7, 11) is 0. The van der Waals surface area contributed by atoms with Crippen LogP contribution in [0.2, 0.25) is 0 Å². The Labute approximate surface area is 137 Å². The average Bonchev–Trinajstić information content (AvgIpc) is 2.95. The van der Waals surface area contributed by atoms with Gasteiger partial charge in [-0.3, -0.25) is 4.40 Å². The molecule has 0 aliphatic carbocycles. The molecule has 0 spiro atoms. The van der Waals surface area contributed by atoms with Gasteiger partial charge in [0.1, 0.15) is 17.3 Å². The van der Waals surface area contributed by atoms with E-state index in [4.69, 9.17) is 5.73 Å². The molecule has 2 rings (SSSR count). The van der Waals surface area contributed by atoms with Gasteiger partial charge in [-0.15, -0.1) is 0 Å². The maximum absolute atomic E-state index is 12.9. The number of allylic oxidation sites excluding steroid dienone is 3. The highest BCUT2D eigenvalue weighted by Crippen LogP contribution is 2.26. The highest BCUT2D eigenvalue weighted by atomic mass is 19.4. The van der Waals surface area contributed by atoms with E-state index in [0.717, 1.165) is 6.21 Å². The molecule has 2 aromatic heterocycles. The number of aliphatic imine (C=N–C) groups is 1. The zero-order valence-electron chi connectivity index (χ0n) is 13.3. The van der Waals surface area contributed by atoms with Gasteiger partial charge >= 0.3 is 6.18 Å². The van der Waals surface area contributed by atoms with Gasteiger partial charge in [0, 0.05) is 24.3 Å². The fraction of sp³-hybridized carbons (Fsp3) is 0.250. The number of nitrogens with zero attached hydrogens (tertiary/aromatic N) is 3. The fourth-order valence-corrected chi connectivity index (χ4v) is 2.04. The monoisotopic (exact) mass is 337 g/mol. The second-order valence-corrected chi connectivity index (χ2v) is 5.04. The van der Waals surface area contributed by atoms with Crippen LogP contribution in [0.3, 0.4) is 0 Å². The molecule has 0 aliphatic heterocycles. The van der Waals surface area contributed by atoms with Gasteiger partial charge in [0.2, 0.25) is 0 Å². The Balaban J connectivity index is 2.31. The van der Waals surface area contributed by atoms with Crippen LogP contribution in [0.5, 0.6) is 0 Å². The van der Waals surface area contributed by atoms with Gasteiger partial charge in [-0.1, -0.05) is 13.0 Å². The lowest BCUT2D eigenvalue weighted by molar-refractivity contribution is -0.0863. The summed E-state index contributed by atoms with van der Waals surface area (Å²) < 4.78 is 40.5. The molecule has 24 heavy (non-hydrogen) atoms. The summed E-state index contributed by atoms with van der Waals surface area (Å²) in [4.78, 5) is 8.08. The number of pyridine rings is 1. The molecule has 128 valence electrons. The zero-order chi connectivity index (χ0) is 17.7. The number of nitrogens with one attached hydrogen (secondary N) is 1. The van der Waals surface area contributed by atoms with E-state index < -0.39 is 11.7 Å². The van der Waals surface area contributed by atoms with Crippen molar-refractivity contribution in [2.24, 2.45) is 10.7 Å². The van der Waals surface area contributed by atoms with Crippen LogP contribution in [-0.2, 0) is 0 Å². The fourth-order valence-electron chi connectivity index (χ4n) is 2.04. The summed E-state index contributed by atoms with van der Waals surface area (Å²) in [5.41, 5.74) is 4.73. The first-order chi connectivity index (χ1) is 11.3. The number of imidazole rings is 1. The first-order valence-electron chi connectivity index (χ1n) is 7.29. The topological polar surface area (TPSA) is 67.7 Å². The van der Waals surface area contributed by atoms with Gasteiger partial charge in [-0.05, 0) is 31.6 Å². The predicted octanol–water partition coefficient (Wildman–Crippen LogP) is 3.86. The standard InChI is InChI=1S/C16H18F3N5/c1-3-5-13(22-10-12(11(2)20)16(17,18)19)23-15-7-4-6-14-21-8-9-24(14)15/h4-10,23H,3,20H2,1-2H3/b12-11-,13-5-,22-10-. The van der Waals surface area contributed by atoms with Crippen molar-refractivity contribution < 1.29 is 13.2 Å². The van der Waals surface area contributed by atoms with Gasteiger partial charge in [0.25, 0.3) is 0 Å². The summed E-state index contributed by atoms with van der Waals surface area (Å²) in [6, 6.07) is 5.39. The minimum atomic E-state index is -4.55. The van der Waals surface area contributed by atoms with E-state index in [0.29, 0.717) is 23.7 Å². The van der Waals surface area contributed by atoms with Crippen molar-refractivity contribution in [3.8, 4) is 0 Å². The highest BCUT2D eigenvalue weighted by Gasteiger charge is 2.33. The number of aromatic nitrogens is 2. The van der Waals surface area contributed by atoms with Crippen LogP contribution in [0.15, 0.2) is 58.8 Å². The van der Waals surface area contributed by atoms with E-state index in [2.05, 4.69) is 15.3 Å². The lowest BCUT2D eigenvalue weighted by atomic mass is 10.2. The molecular formula is C16H18F3N5. The average molecular weight is 337 g/mol. The van der Waals surface area contributed by atoms with E-state index in [1.54, 1.807) is 35.0 Å². The van der Waals surface area contributed by atoms with Gasteiger partial charge in [0.15, 0.2) is 0 Å². The molecular weight excluding hydrogens is 319 g/mol. The van der Waals surface area contributed by atoms with Crippen LogP contribution in [-0.4, -0.2) is 21.8 Å². The summed E-state index contributed by atoms with van der Waals surface area (Å²) >= 11 is 0. The lowest BCUT2D eigenvalue weighted by Crippen LogP contribution is -2.18. The SMILES string of the molecule is CC/C=C(/N=C\C(=C(/C)N)C(F)(F)F)Nc1cccc2nccn12. The zero-order valence-corrected chi connectivity index (χ0v) is 13.3. The van der Waals surface area contributed by atoms with Crippen molar-refractivity contribution in [3.05, 3.63) is 53.8 Å². The predicted molar refractivity (Wildman–Crippen MR) is 88.6 cm³/mol. The molecule has 2 aromatic rings. The lowest BCUT2D eigenvalue weighted by Gasteiger charge is -2.11. The molecule has 0 saturated heterocycles. The number of halogens is 3. The second kappa shape index (κ2) is 7.20. The van der Waals surface area contributed by atoms with E-state index in [9.17, 15) is 13.2 Å². The third kappa shape index (κ3) is 4.15. The number of hydrogen-bond donors (Lipinski definition) is 2. The molecule has 5 nitrogen and oxygen atoms in total. The highest BCUT2D eigenvalue weighted by molar-refractivity contribution is 5.82. The van der Waals surface area contributed by atoms with Crippen molar-refractivity contribution in [1.82, 2.24) is 9.38 Å². The van der Waals surface area contributed by atoms with Crippen molar-refractivity contribution >= 4 is 17.7 Å². The summed E-state index contributed by atoms with van der Waals surface area (Å²) in [6.07, 6.45) is 1.85. The Bertz CT molecular complexity index is 795. The van der Waals surface area contributed by atoms with Crippen LogP contribution in [0.4, 0.5) is 19.0 Å². The molecule has 0 radical (unpaired) electrons. The third-order valence-corrected chi connectivity index (χ3v) is 3.14. The number of fused-ring (bicyclic) bond motifs is 1. The van der Waals surface area contributed by atoms with Crippen LogP contribution in [0.25, 0.3) is 5.65 Å². The van der Waals surface area contributed by atoms with Crippen molar-refractivity contribution in [3.63, 3.8) is 0 Å². The molecule has 0 bridgehead atoms. The number of hydrogen-bond acceptors (Lipinski definition) is 4. The van der Waals surface area contributed by atoms with Crippen molar-refractivity contribution in [1.29, 1.82) is 0 Å². The smallest absolute Gasteiger partial charge is 0.402 e. The largest absolute Gasteiger partial charge is 0.419 e. The van der Waals surface area contributed by atoms with Crippen molar-refractivity contribution in [2.75, 3.05) is 5.32 Å². The van der Waals surface area contributed by atoms with Gasteiger partial charge in [-0.25, -0.2) is 9.98 Å². The normalized spacial score (nSPS) is 14.3. The van der Waals surface area contributed by atoms with E-state index >= 15 is 0 Å². The molecule has 0 unspecified atom stereocenters. The Morgan fingerprint density at radius 3 is 2.79 bits per heavy atom. The second-order valence-electron chi connectivity index (χ2n) is 5.04. The minimum absolute atomic E-state index is 0.293. The Hall–Kier alpha value is -2.77. The molecule has 0 saturated carbocycles. The molecule has 8 heteroatoms. The molecule has 0 atom stereocenters. The maximum atomic E-state index is 12.9. The quantitative estimate of drug-likeness (QED) is 0.814. The van der Waals surface area contributed by atoms with Crippen LogP contribution in [0.1, 0.15) is 20.3 Å². The maximum Gasteiger partial charge on any atom is 0.419 e. The summed E-state index contributed by atoms with van der Waals surface area (Å²) in [5.74, 6) is 0.936. The third-order valence-electron chi connectivity index (χ3n) is 3.14. The molecule has 3 N–H and O–H groups in total. The van der Waals surface area contributed by atoms with E-state index in [1.807, 2.05) is 13.0 Å². The van der Waals surface area contributed by atoms with Gasteiger partial charge in [-0.2, -0.15) is 13.2 Å². The van der Waals surface area contributed by atoms with Crippen LogP contribution < -0.4 is 11.1 Å². The number of alkyl halides is 3. The van der Waals surface area contributed by atoms with Gasteiger partial charge < -0.3 is 11.1 Å². The Kier molecular flexibility index (Phi) is 5.28. The summed E-state index contributed by atoms with van der Waals surface area (Å²) in [5, 5.41) is 3.01. The first-order valence-corrected chi connectivity index (χ1v) is 7.29. The number of nitrogens with two attached hydrogens (primary N) is 1. The van der Waals surface area contributed by atoms with E-state index in [-0.39, 0.29) is 5.70 Å². The van der Waals surface area contributed by atoms with Crippen molar-refractivity contribution in [2.45, 2.75) is 26.4 Å². The molecule has 0 aromatic carbocycles. The first kappa shape index (κ1) is 17.6. The van der Waals surface area contributed by atoms with E-state index in [1.165, 1.54) is 6.92 Å². The number of rotatable bonds is 5. The minimum Gasteiger partial charge on any atom is -0.402 e. The Morgan fingerprint density at radius 1 is 1.42 bits per heavy atom. The molecule has 0 amide bonds. The summed E-state index contributed by atoms with van der Waals surface area (Å²) in [6.45, 7) is 3.06. The molecule has 2 heterocycles. The van der Waals surface area contributed by atoms with Gasteiger partial charge in [0.05, 0.1) is 5.57 Å². The number of anilines is 1. The molecule has 0 aliphatic rings. The Morgan fingerprint density at radius 2 is 2.17 bits per heavy atom.